The van der Waals surface area contributed by atoms with Crippen molar-refractivity contribution < 1.29 is 37.0 Å². The summed E-state index contributed by atoms with van der Waals surface area (Å²) in [6.45, 7) is 4.13. The molecule has 2 amide bonds. The molecule has 0 aliphatic carbocycles. The SMILES string of the molecule is COc1ccc(C2=NN(C3CCN(C(=O)c4ccccc4OC(F)(F)F)CC3)C(=O)C2(C)C)cc1OC. The second kappa shape index (κ2) is 9.95. The zero-order chi connectivity index (χ0) is 27.0. The quantitative estimate of drug-likeness (QED) is 0.562. The van der Waals surface area contributed by atoms with Crippen molar-refractivity contribution >= 4 is 17.5 Å². The molecule has 2 aliphatic heterocycles. The first-order valence-corrected chi connectivity index (χ1v) is 11.8. The molecule has 0 aromatic heterocycles. The molecule has 8 nitrogen and oxygen atoms in total. The lowest BCUT2D eigenvalue weighted by atomic mass is 9.83. The minimum atomic E-state index is -4.91. The summed E-state index contributed by atoms with van der Waals surface area (Å²) in [6, 6.07) is 10.4. The van der Waals surface area contributed by atoms with Gasteiger partial charge >= 0.3 is 6.36 Å². The lowest BCUT2D eigenvalue weighted by Crippen LogP contribution is -2.47. The van der Waals surface area contributed by atoms with E-state index in [1.54, 1.807) is 33.1 Å². The van der Waals surface area contributed by atoms with Gasteiger partial charge in [0.25, 0.3) is 11.8 Å². The number of halogens is 3. The molecular formula is C26H28F3N3O5. The normalized spacial score (nSPS) is 18.0. The van der Waals surface area contributed by atoms with Crippen molar-refractivity contribution in [3.8, 4) is 17.2 Å². The van der Waals surface area contributed by atoms with Gasteiger partial charge < -0.3 is 19.1 Å². The highest BCUT2D eigenvalue weighted by atomic mass is 19.4. The van der Waals surface area contributed by atoms with E-state index < -0.39 is 23.4 Å². The molecule has 0 N–H and O–H groups in total. The molecule has 1 saturated heterocycles. The Morgan fingerprint density at radius 3 is 2.27 bits per heavy atom. The summed E-state index contributed by atoms with van der Waals surface area (Å²) in [4.78, 5) is 27.8. The Labute approximate surface area is 212 Å². The highest BCUT2D eigenvalue weighted by molar-refractivity contribution is 6.19. The number of nitrogens with zero attached hydrogens (tertiary/aromatic N) is 3. The number of ether oxygens (including phenoxy) is 3. The van der Waals surface area contributed by atoms with Crippen molar-refractivity contribution in [3.63, 3.8) is 0 Å². The standard InChI is InChI=1S/C26H28F3N3O5/c1-25(2)22(16-9-10-20(35-3)21(15-16)36-4)30-32(24(25)34)17-11-13-31(14-12-17)23(33)18-7-5-6-8-19(18)37-26(27,28)29/h5-10,15,17H,11-14H2,1-4H3. The number of para-hydroxylation sites is 1. The van der Waals surface area contributed by atoms with Crippen LogP contribution in [0.2, 0.25) is 0 Å². The third-order valence-electron chi connectivity index (χ3n) is 6.64. The Morgan fingerprint density at radius 2 is 1.65 bits per heavy atom. The van der Waals surface area contributed by atoms with Crippen molar-refractivity contribution in [1.82, 2.24) is 9.91 Å². The first-order chi connectivity index (χ1) is 17.5. The van der Waals surface area contributed by atoms with Gasteiger partial charge in [-0.05, 0) is 57.0 Å². The number of hydrogen-bond acceptors (Lipinski definition) is 6. The molecule has 0 saturated carbocycles. The molecule has 0 unspecified atom stereocenters. The zero-order valence-corrected chi connectivity index (χ0v) is 21.0. The van der Waals surface area contributed by atoms with E-state index in [1.165, 1.54) is 35.2 Å². The fourth-order valence-electron chi connectivity index (χ4n) is 4.66. The van der Waals surface area contributed by atoms with Gasteiger partial charge in [-0.1, -0.05) is 12.1 Å². The maximum atomic E-state index is 13.4. The summed E-state index contributed by atoms with van der Waals surface area (Å²) in [5.74, 6) is -0.175. The van der Waals surface area contributed by atoms with Crippen molar-refractivity contribution in [2.24, 2.45) is 10.5 Å². The summed E-state index contributed by atoms with van der Waals surface area (Å²) < 4.78 is 53.0. The number of hydrogen-bond donors (Lipinski definition) is 0. The van der Waals surface area contributed by atoms with Crippen LogP contribution in [0.1, 0.15) is 42.6 Å². The molecule has 0 atom stereocenters. The Hall–Kier alpha value is -3.76. The number of hydrazone groups is 1. The third kappa shape index (κ3) is 5.21. The van der Waals surface area contributed by atoms with Crippen LogP contribution < -0.4 is 14.2 Å². The molecule has 0 bridgehead atoms. The van der Waals surface area contributed by atoms with Crippen LogP contribution in [0.4, 0.5) is 13.2 Å². The first-order valence-electron chi connectivity index (χ1n) is 11.8. The minimum absolute atomic E-state index is 0.161. The van der Waals surface area contributed by atoms with Crippen LogP contribution >= 0.6 is 0 Å². The molecule has 0 radical (unpaired) electrons. The smallest absolute Gasteiger partial charge is 0.493 e. The van der Waals surface area contributed by atoms with E-state index in [1.807, 2.05) is 6.07 Å². The van der Waals surface area contributed by atoms with Gasteiger partial charge in [0.2, 0.25) is 0 Å². The maximum absolute atomic E-state index is 13.4. The topological polar surface area (TPSA) is 80.7 Å². The molecule has 198 valence electrons. The molecule has 2 aromatic rings. The van der Waals surface area contributed by atoms with E-state index in [0.29, 0.717) is 30.1 Å². The lowest BCUT2D eigenvalue weighted by molar-refractivity contribution is -0.274. The van der Waals surface area contributed by atoms with E-state index in [4.69, 9.17) is 9.47 Å². The number of rotatable bonds is 6. The number of benzene rings is 2. The zero-order valence-electron chi connectivity index (χ0n) is 21.0. The summed E-state index contributed by atoms with van der Waals surface area (Å²) in [6.07, 6.45) is -4.05. The summed E-state index contributed by atoms with van der Waals surface area (Å²) in [5.41, 5.74) is 0.272. The predicted octanol–water partition coefficient (Wildman–Crippen LogP) is 4.48. The van der Waals surface area contributed by atoms with E-state index in [9.17, 15) is 22.8 Å². The molecule has 0 spiro atoms. The van der Waals surface area contributed by atoms with E-state index in [0.717, 1.165) is 11.6 Å². The number of piperidine rings is 1. The van der Waals surface area contributed by atoms with Crippen LogP contribution in [0, 0.1) is 5.41 Å². The van der Waals surface area contributed by atoms with E-state index in [-0.39, 0.29) is 30.6 Å². The van der Waals surface area contributed by atoms with Gasteiger partial charge in [-0.2, -0.15) is 5.10 Å². The van der Waals surface area contributed by atoms with Crippen LogP contribution in [0.15, 0.2) is 47.6 Å². The summed E-state index contributed by atoms with van der Waals surface area (Å²) in [5, 5.41) is 6.17. The van der Waals surface area contributed by atoms with Gasteiger partial charge in [0.05, 0.1) is 37.0 Å². The number of amides is 2. The lowest BCUT2D eigenvalue weighted by Gasteiger charge is -2.35. The van der Waals surface area contributed by atoms with Gasteiger partial charge in [-0.25, -0.2) is 5.01 Å². The van der Waals surface area contributed by atoms with Crippen molar-refractivity contribution in [2.75, 3.05) is 27.3 Å². The summed E-state index contributed by atoms with van der Waals surface area (Å²) in [7, 11) is 3.07. The predicted molar refractivity (Wildman–Crippen MR) is 129 cm³/mol. The molecular weight excluding hydrogens is 491 g/mol. The molecule has 2 heterocycles. The molecule has 2 aromatic carbocycles. The summed E-state index contributed by atoms with van der Waals surface area (Å²) >= 11 is 0. The first kappa shape index (κ1) is 26.3. The maximum Gasteiger partial charge on any atom is 0.573 e. The fraction of sp³-hybridized carbons (Fsp3) is 0.423. The van der Waals surface area contributed by atoms with Gasteiger partial charge in [0.1, 0.15) is 5.75 Å². The molecule has 37 heavy (non-hydrogen) atoms. The number of alkyl halides is 3. The number of likely N-dealkylation sites (tertiary alicyclic amines) is 1. The third-order valence-corrected chi connectivity index (χ3v) is 6.64. The average Bonchev–Trinajstić information content (AvgIpc) is 3.11. The highest BCUT2D eigenvalue weighted by Crippen LogP contribution is 2.38. The van der Waals surface area contributed by atoms with E-state index in [2.05, 4.69) is 9.84 Å². The van der Waals surface area contributed by atoms with Crippen LogP contribution in [0.3, 0.4) is 0 Å². The van der Waals surface area contributed by atoms with Crippen LogP contribution in [-0.4, -0.2) is 67.1 Å². The van der Waals surface area contributed by atoms with Crippen LogP contribution in [0.5, 0.6) is 17.2 Å². The molecule has 4 rings (SSSR count). The molecule has 1 fully saturated rings. The highest BCUT2D eigenvalue weighted by Gasteiger charge is 2.47. The van der Waals surface area contributed by atoms with Crippen molar-refractivity contribution in [1.29, 1.82) is 0 Å². The number of methoxy groups -OCH3 is 2. The number of carbonyl (C=O) groups excluding carboxylic acids is 2. The van der Waals surface area contributed by atoms with Crippen LogP contribution in [-0.2, 0) is 4.79 Å². The fourth-order valence-corrected chi connectivity index (χ4v) is 4.66. The van der Waals surface area contributed by atoms with Gasteiger partial charge in [-0.3, -0.25) is 9.59 Å². The Balaban J connectivity index is 1.50. The van der Waals surface area contributed by atoms with Gasteiger partial charge in [0.15, 0.2) is 11.5 Å². The van der Waals surface area contributed by atoms with Gasteiger partial charge in [0, 0.05) is 18.7 Å². The number of carbonyl (C=O) groups is 2. The minimum Gasteiger partial charge on any atom is -0.493 e. The molecule has 2 aliphatic rings. The Morgan fingerprint density at radius 1 is 1.00 bits per heavy atom. The van der Waals surface area contributed by atoms with E-state index >= 15 is 0 Å². The van der Waals surface area contributed by atoms with Crippen molar-refractivity contribution in [3.05, 3.63) is 53.6 Å². The van der Waals surface area contributed by atoms with Crippen LogP contribution in [0.25, 0.3) is 0 Å². The largest absolute Gasteiger partial charge is 0.573 e. The second-order valence-electron chi connectivity index (χ2n) is 9.36. The van der Waals surface area contributed by atoms with Crippen molar-refractivity contribution in [2.45, 2.75) is 39.1 Å². The van der Waals surface area contributed by atoms with Gasteiger partial charge in [-0.15, -0.1) is 13.2 Å². The Kier molecular flexibility index (Phi) is 7.07. The second-order valence-corrected chi connectivity index (χ2v) is 9.36. The Bertz CT molecular complexity index is 1220. The average molecular weight is 520 g/mol. The molecule has 11 heteroatoms. The monoisotopic (exact) mass is 519 g/mol.